The zero-order valence-corrected chi connectivity index (χ0v) is 13.3. The summed E-state index contributed by atoms with van der Waals surface area (Å²) in [6.45, 7) is 1.85. The number of carbonyl (C=O) groups excluding carboxylic acids is 2. The molecular formula is C17H16ClN2O3-. The predicted molar refractivity (Wildman–Crippen MR) is 87.3 cm³/mol. The number of anilines is 1. The molecule has 0 aliphatic rings. The average molecular weight is 332 g/mol. The largest absolute Gasteiger partial charge is 0.548 e. The van der Waals surface area contributed by atoms with E-state index >= 15 is 0 Å². The minimum atomic E-state index is -1.34. The normalized spacial score (nSPS) is 11.6. The Kier molecular flexibility index (Phi) is 5.60. The van der Waals surface area contributed by atoms with E-state index in [1.807, 2.05) is 13.0 Å². The van der Waals surface area contributed by atoms with Crippen LogP contribution in [0.5, 0.6) is 0 Å². The number of carbonyl (C=O) groups is 2. The van der Waals surface area contributed by atoms with Crippen molar-refractivity contribution in [3.63, 3.8) is 0 Å². The van der Waals surface area contributed by atoms with E-state index in [2.05, 4.69) is 10.6 Å². The van der Waals surface area contributed by atoms with Gasteiger partial charge in [0, 0.05) is 10.7 Å². The molecule has 0 saturated carbocycles. The molecule has 23 heavy (non-hydrogen) atoms. The SMILES string of the molecule is Cc1ccc(NC(=O)N[C@@H](Cc2ccccc2)C(=O)[O-])cc1Cl. The molecule has 0 bridgehead atoms. The standard InChI is InChI=1S/C17H17ClN2O3/c1-11-7-8-13(10-14(11)18)19-17(23)20-15(16(21)22)9-12-5-3-2-4-6-12/h2-8,10,15H,9H2,1H3,(H,21,22)(H2,19,20,23)/p-1/t15-/m0/s1. The maximum Gasteiger partial charge on any atom is 0.319 e. The van der Waals surface area contributed by atoms with Crippen molar-refractivity contribution in [1.29, 1.82) is 0 Å². The first-order chi connectivity index (χ1) is 11.0. The van der Waals surface area contributed by atoms with Crippen molar-refractivity contribution in [2.45, 2.75) is 19.4 Å². The van der Waals surface area contributed by atoms with Crippen molar-refractivity contribution in [2.75, 3.05) is 5.32 Å². The van der Waals surface area contributed by atoms with Crippen molar-refractivity contribution in [2.24, 2.45) is 0 Å². The number of hydrogen-bond donors (Lipinski definition) is 2. The van der Waals surface area contributed by atoms with E-state index in [1.165, 1.54) is 0 Å². The van der Waals surface area contributed by atoms with Gasteiger partial charge in [-0.05, 0) is 36.6 Å². The first-order valence-electron chi connectivity index (χ1n) is 7.04. The van der Waals surface area contributed by atoms with Crippen LogP contribution in [0.3, 0.4) is 0 Å². The summed E-state index contributed by atoms with van der Waals surface area (Å²) in [4.78, 5) is 23.2. The fourth-order valence-corrected chi connectivity index (χ4v) is 2.22. The monoisotopic (exact) mass is 331 g/mol. The minimum Gasteiger partial charge on any atom is -0.548 e. The van der Waals surface area contributed by atoms with E-state index in [1.54, 1.807) is 42.5 Å². The molecule has 0 fully saturated rings. The van der Waals surface area contributed by atoms with Crippen LogP contribution >= 0.6 is 11.6 Å². The summed E-state index contributed by atoms with van der Waals surface area (Å²) in [6.07, 6.45) is 0.144. The van der Waals surface area contributed by atoms with Crippen molar-refractivity contribution in [1.82, 2.24) is 5.32 Å². The Bertz CT molecular complexity index is 704. The van der Waals surface area contributed by atoms with E-state index in [-0.39, 0.29) is 6.42 Å². The van der Waals surface area contributed by atoms with Crippen molar-refractivity contribution in [3.8, 4) is 0 Å². The molecule has 2 rings (SSSR count). The van der Waals surface area contributed by atoms with Crippen LogP contribution in [-0.2, 0) is 11.2 Å². The number of hydrogen-bond acceptors (Lipinski definition) is 3. The van der Waals surface area contributed by atoms with Crippen LogP contribution in [0, 0.1) is 6.92 Å². The Balaban J connectivity index is 2.00. The fraction of sp³-hybridized carbons (Fsp3) is 0.176. The number of aryl methyl sites for hydroxylation is 1. The zero-order valence-electron chi connectivity index (χ0n) is 12.5. The summed E-state index contributed by atoms with van der Waals surface area (Å²) in [5.74, 6) is -1.34. The molecule has 0 aliphatic heterocycles. The highest BCUT2D eigenvalue weighted by molar-refractivity contribution is 6.31. The maximum absolute atomic E-state index is 12.0. The van der Waals surface area contributed by atoms with Crippen LogP contribution in [0.2, 0.25) is 5.02 Å². The number of benzene rings is 2. The lowest BCUT2D eigenvalue weighted by atomic mass is 10.1. The molecule has 0 aromatic heterocycles. The molecule has 2 aromatic rings. The Hall–Kier alpha value is -2.53. The molecule has 1 atom stereocenters. The van der Waals surface area contributed by atoms with E-state index in [0.717, 1.165) is 11.1 Å². The second-order valence-corrected chi connectivity index (χ2v) is 5.53. The van der Waals surface area contributed by atoms with Gasteiger partial charge in [-0.2, -0.15) is 0 Å². The number of amides is 2. The summed E-state index contributed by atoms with van der Waals surface area (Å²) in [6, 6.07) is 12.3. The van der Waals surface area contributed by atoms with Crippen molar-refractivity contribution in [3.05, 3.63) is 64.7 Å². The number of halogens is 1. The Morgan fingerprint density at radius 2 is 1.87 bits per heavy atom. The Labute approximate surface area is 139 Å². The Morgan fingerprint density at radius 1 is 1.17 bits per heavy atom. The first kappa shape index (κ1) is 16.8. The summed E-state index contributed by atoms with van der Waals surface area (Å²) >= 11 is 5.98. The highest BCUT2D eigenvalue weighted by Crippen LogP contribution is 2.19. The van der Waals surface area contributed by atoms with E-state index in [4.69, 9.17) is 11.6 Å². The van der Waals surface area contributed by atoms with Gasteiger partial charge < -0.3 is 20.5 Å². The average Bonchev–Trinajstić information content (AvgIpc) is 2.51. The number of aliphatic carboxylic acids is 1. The van der Waals surface area contributed by atoms with E-state index in [9.17, 15) is 14.7 Å². The topological polar surface area (TPSA) is 81.3 Å². The van der Waals surface area contributed by atoms with Gasteiger partial charge in [0.25, 0.3) is 0 Å². The highest BCUT2D eigenvalue weighted by Gasteiger charge is 2.14. The number of urea groups is 1. The summed E-state index contributed by atoms with van der Waals surface area (Å²) in [5.41, 5.74) is 2.16. The van der Waals surface area contributed by atoms with Crippen LogP contribution in [0.1, 0.15) is 11.1 Å². The van der Waals surface area contributed by atoms with Gasteiger partial charge in [-0.3, -0.25) is 0 Å². The highest BCUT2D eigenvalue weighted by atomic mass is 35.5. The number of carboxylic acid groups (broad SMARTS) is 1. The third-order valence-corrected chi connectivity index (χ3v) is 3.71. The van der Waals surface area contributed by atoms with Gasteiger partial charge in [-0.1, -0.05) is 48.0 Å². The molecule has 6 heteroatoms. The van der Waals surface area contributed by atoms with Crippen LogP contribution < -0.4 is 15.7 Å². The van der Waals surface area contributed by atoms with E-state index < -0.39 is 18.0 Å². The van der Waals surface area contributed by atoms with Gasteiger partial charge in [0.15, 0.2) is 0 Å². The third kappa shape index (κ3) is 5.00. The molecule has 0 heterocycles. The quantitative estimate of drug-likeness (QED) is 0.880. The van der Waals surface area contributed by atoms with Gasteiger partial charge in [-0.15, -0.1) is 0 Å². The molecule has 0 unspecified atom stereocenters. The molecule has 0 aliphatic carbocycles. The Morgan fingerprint density at radius 3 is 2.48 bits per heavy atom. The van der Waals surface area contributed by atoms with Crippen molar-refractivity contribution < 1.29 is 14.7 Å². The molecule has 0 saturated heterocycles. The molecule has 0 spiro atoms. The molecule has 0 radical (unpaired) electrons. The maximum atomic E-state index is 12.0. The lowest BCUT2D eigenvalue weighted by Gasteiger charge is -2.20. The predicted octanol–water partition coefficient (Wildman–Crippen LogP) is 2.13. The zero-order chi connectivity index (χ0) is 16.8. The van der Waals surface area contributed by atoms with Gasteiger partial charge >= 0.3 is 6.03 Å². The van der Waals surface area contributed by atoms with Crippen LogP contribution in [0.25, 0.3) is 0 Å². The van der Waals surface area contributed by atoms with Crippen LogP contribution in [0.15, 0.2) is 48.5 Å². The molecular weight excluding hydrogens is 316 g/mol. The van der Waals surface area contributed by atoms with Gasteiger partial charge in [0.2, 0.25) is 0 Å². The molecule has 2 amide bonds. The summed E-state index contributed by atoms with van der Waals surface area (Å²) < 4.78 is 0. The van der Waals surface area contributed by atoms with Gasteiger partial charge in [-0.25, -0.2) is 4.79 Å². The van der Waals surface area contributed by atoms with Crippen LogP contribution in [0.4, 0.5) is 10.5 Å². The minimum absolute atomic E-state index is 0.144. The van der Waals surface area contributed by atoms with Gasteiger partial charge in [0.05, 0.1) is 12.0 Å². The lowest BCUT2D eigenvalue weighted by molar-refractivity contribution is -0.308. The first-order valence-corrected chi connectivity index (χ1v) is 7.42. The molecule has 2 aromatic carbocycles. The third-order valence-electron chi connectivity index (χ3n) is 3.30. The van der Waals surface area contributed by atoms with Crippen LogP contribution in [-0.4, -0.2) is 18.0 Å². The lowest BCUT2D eigenvalue weighted by Crippen LogP contribution is -2.50. The fourth-order valence-electron chi connectivity index (χ4n) is 2.04. The molecule has 120 valence electrons. The number of carboxylic acids is 1. The summed E-state index contributed by atoms with van der Waals surface area (Å²) in [5, 5.41) is 16.7. The second kappa shape index (κ2) is 7.65. The molecule has 2 N–H and O–H groups in total. The number of rotatable bonds is 5. The number of nitrogens with one attached hydrogen (secondary N) is 2. The summed E-state index contributed by atoms with van der Waals surface area (Å²) in [7, 11) is 0. The second-order valence-electron chi connectivity index (χ2n) is 5.12. The van der Waals surface area contributed by atoms with Crippen molar-refractivity contribution >= 4 is 29.3 Å². The smallest absolute Gasteiger partial charge is 0.319 e. The molecule has 5 nitrogen and oxygen atoms in total. The van der Waals surface area contributed by atoms with E-state index in [0.29, 0.717) is 10.7 Å². The van der Waals surface area contributed by atoms with Gasteiger partial charge in [0.1, 0.15) is 0 Å².